The first kappa shape index (κ1) is 22.8. The molecule has 2 saturated heterocycles. The Labute approximate surface area is 196 Å². The van der Waals surface area contributed by atoms with Gasteiger partial charge in [-0.15, -0.1) is 0 Å². The second-order valence-electron chi connectivity index (χ2n) is 7.21. The average molecular weight is 501 g/mol. The van der Waals surface area contributed by atoms with Crippen molar-refractivity contribution in [1.82, 2.24) is 9.62 Å². The number of nitrogens with zero attached hydrogens (tertiary/aromatic N) is 2. The lowest BCUT2D eigenvalue weighted by molar-refractivity contribution is -0.0882. The van der Waals surface area contributed by atoms with Crippen LogP contribution in [0.4, 0.5) is 4.39 Å². The molecule has 3 N–H and O–H groups in total. The van der Waals surface area contributed by atoms with Gasteiger partial charge in [0.05, 0.1) is 37.9 Å². The second kappa shape index (κ2) is 9.24. The van der Waals surface area contributed by atoms with E-state index in [2.05, 4.69) is 9.62 Å². The van der Waals surface area contributed by atoms with Gasteiger partial charge in [-0.05, 0) is 30.3 Å². The van der Waals surface area contributed by atoms with Crippen LogP contribution in [0.15, 0.2) is 41.3 Å². The zero-order chi connectivity index (χ0) is 22.2. The minimum atomic E-state index is -1.42. The molecule has 0 radical (unpaired) electrons. The monoisotopic (exact) mass is 500 g/mol. The fourth-order valence-corrected chi connectivity index (χ4v) is 7.57. The highest BCUT2D eigenvalue weighted by atomic mass is 35.5. The summed E-state index contributed by atoms with van der Waals surface area (Å²) in [6.07, 6.45) is 0. The van der Waals surface area contributed by atoms with Gasteiger partial charge in [0.25, 0.3) is 0 Å². The summed E-state index contributed by atoms with van der Waals surface area (Å²) in [6, 6.07) is 10.8. The maximum absolute atomic E-state index is 13.9. The van der Waals surface area contributed by atoms with Crippen LogP contribution < -0.4 is 15.8 Å². The quantitative estimate of drug-likeness (QED) is 0.537. The zero-order valence-electron chi connectivity index (χ0n) is 16.2. The number of piperazine rings is 1. The predicted octanol–water partition coefficient (Wildman–Crippen LogP) is 3.15. The summed E-state index contributed by atoms with van der Waals surface area (Å²) in [5, 5.41) is 12.7. The van der Waals surface area contributed by atoms with Crippen LogP contribution in [0, 0.1) is 17.1 Å². The second-order valence-corrected chi connectivity index (χ2v) is 10.6. The van der Waals surface area contributed by atoms with Crippen molar-refractivity contribution < 1.29 is 13.3 Å². The van der Waals surface area contributed by atoms with Crippen molar-refractivity contribution in [3.63, 3.8) is 0 Å². The van der Waals surface area contributed by atoms with Gasteiger partial charge in [-0.1, -0.05) is 35.1 Å². The van der Waals surface area contributed by atoms with Gasteiger partial charge in [0.1, 0.15) is 29.6 Å². The Morgan fingerprint density at radius 1 is 1.39 bits per heavy atom. The minimum Gasteiger partial charge on any atom is -0.491 e. The molecule has 11 heteroatoms. The van der Waals surface area contributed by atoms with Crippen molar-refractivity contribution in [2.45, 2.75) is 21.9 Å². The van der Waals surface area contributed by atoms with E-state index in [-0.39, 0.29) is 23.6 Å². The van der Waals surface area contributed by atoms with Crippen LogP contribution in [-0.4, -0.2) is 50.9 Å². The van der Waals surface area contributed by atoms with E-state index in [9.17, 15) is 8.60 Å². The van der Waals surface area contributed by atoms with Crippen LogP contribution >= 0.6 is 35.1 Å². The molecule has 4 atom stereocenters. The molecule has 4 unspecified atom stereocenters. The third-order valence-electron chi connectivity index (χ3n) is 5.39. The molecular weight excluding hydrogens is 482 g/mol. The smallest absolute Gasteiger partial charge is 0.144 e. The number of fused-ring (bicyclic) bond motifs is 1. The standard InChI is InChI=1S/C20H19Cl2FN4O2S2/c21-13-2-4-17(15(22)7-13)31(28)19-18-20(10-26-18,27(19)30-6-5-24)11-29-14-3-1-12(9-25)16(23)8-14/h1-4,7-8,18-19,26H,5-6,10-11,24H2. The number of nitrogens with two attached hydrogens (primary N) is 1. The summed E-state index contributed by atoms with van der Waals surface area (Å²) in [4.78, 5) is 0.520. The Morgan fingerprint density at radius 3 is 2.81 bits per heavy atom. The van der Waals surface area contributed by atoms with Crippen LogP contribution in [0.25, 0.3) is 0 Å². The number of benzene rings is 2. The molecule has 2 aliphatic rings. The molecule has 2 aromatic carbocycles. The summed E-state index contributed by atoms with van der Waals surface area (Å²) in [6.45, 7) is 1.38. The first-order chi connectivity index (χ1) is 14.9. The normalized spacial score (nSPS) is 25.6. The average Bonchev–Trinajstić information content (AvgIpc) is 2.73. The van der Waals surface area contributed by atoms with E-state index in [4.69, 9.17) is 38.9 Å². The largest absolute Gasteiger partial charge is 0.491 e. The molecule has 0 amide bonds. The van der Waals surface area contributed by atoms with E-state index >= 15 is 0 Å². The minimum absolute atomic E-state index is 0.0345. The lowest BCUT2D eigenvalue weighted by Crippen LogP contribution is -2.91. The molecule has 2 aliphatic heterocycles. The Hall–Kier alpha value is -1.38. The van der Waals surface area contributed by atoms with E-state index in [0.29, 0.717) is 39.5 Å². The van der Waals surface area contributed by atoms with Crippen molar-refractivity contribution >= 4 is 45.9 Å². The SMILES string of the molecule is N#Cc1ccc(OCC23CNC2C(S(=O)c2ccc(Cl)cc2Cl)N3SCCN)cc1F. The van der Waals surface area contributed by atoms with Crippen LogP contribution in [0.2, 0.25) is 10.0 Å². The van der Waals surface area contributed by atoms with Gasteiger partial charge in [0, 0.05) is 29.9 Å². The highest BCUT2D eigenvalue weighted by molar-refractivity contribution is 7.98. The third-order valence-corrected chi connectivity index (χ3v) is 9.18. The molecule has 0 aliphatic carbocycles. The molecule has 6 nitrogen and oxygen atoms in total. The summed E-state index contributed by atoms with van der Waals surface area (Å²) in [5.74, 6) is 0.368. The van der Waals surface area contributed by atoms with Crippen LogP contribution in [0.1, 0.15) is 5.56 Å². The molecular formula is C20H19Cl2FN4O2S2. The number of nitrogens with one attached hydrogen (secondary N) is 1. The number of nitriles is 1. The molecule has 2 fully saturated rings. The van der Waals surface area contributed by atoms with Gasteiger partial charge < -0.3 is 15.8 Å². The van der Waals surface area contributed by atoms with Crippen LogP contribution in [0.3, 0.4) is 0 Å². The number of halogens is 3. The summed E-state index contributed by atoms with van der Waals surface area (Å²) in [5.41, 5.74) is 5.27. The summed E-state index contributed by atoms with van der Waals surface area (Å²) < 4.78 is 35.3. The molecule has 0 aromatic heterocycles. The topological polar surface area (TPSA) is 91.4 Å². The van der Waals surface area contributed by atoms with E-state index in [1.165, 1.54) is 24.1 Å². The summed E-state index contributed by atoms with van der Waals surface area (Å²) >= 11 is 13.8. The van der Waals surface area contributed by atoms with Gasteiger partial charge in [0.2, 0.25) is 0 Å². The first-order valence-electron chi connectivity index (χ1n) is 9.45. The fourth-order valence-electron chi connectivity index (χ4n) is 3.76. The Kier molecular flexibility index (Phi) is 6.79. The van der Waals surface area contributed by atoms with Gasteiger partial charge in [-0.3, -0.25) is 4.21 Å². The lowest BCUT2D eigenvalue weighted by atomic mass is 9.75. The van der Waals surface area contributed by atoms with Gasteiger partial charge in [-0.2, -0.15) is 5.26 Å². The maximum Gasteiger partial charge on any atom is 0.144 e. The molecule has 2 heterocycles. The van der Waals surface area contributed by atoms with Crippen molar-refractivity contribution in [2.24, 2.45) is 5.73 Å². The first-order valence-corrected chi connectivity index (χ1v) is 12.4. The molecule has 31 heavy (non-hydrogen) atoms. The van der Waals surface area contributed by atoms with Crippen molar-refractivity contribution in [1.29, 1.82) is 5.26 Å². The van der Waals surface area contributed by atoms with Gasteiger partial charge in [0.15, 0.2) is 0 Å². The maximum atomic E-state index is 13.9. The predicted molar refractivity (Wildman–Crippen MR) is 121 cm³/mol. The van der Waals surface area contributed by atoms with Crippen molar-refractivity contribution in [2.75, 3.05) is 25.4 Å². The number of hydrogen-bond donors (Lipinski definition) is 2. The molecule has 0 spiro atoms. The molecule has 0 bridgehead atoms. The van der Waals surface area contributed by atoms with Crippen LogP contribution in [0.5, 0.6) is 5.75 Å². The Morgan fingerprint density at radius 2 is 2.19 bits per heavy atom. The van der Waals surface area contributed by atoms with E-state index < -0.39 is 22.2 Å². The number of ether oxygens (including phenoxy) is 1. The zero-order valence-corrected chi connectivity index (χ0v) is 19.3. The van der Waals surface area contributed by atoms with Crippen molar-refractivity contribution in [3.8, 4) is 11.8 Å². The Balaban J connectivity index is 1.53. The summed E-state index contributed by atoms with van der Waals surface area (Å²) in [7, 11) is -1.42. The molecule has 4 rings (SSSR count). The van der Waals surface area contributed by atoms with Gasteiger partial charge in [-0.25, -0.2) is 8.70 Å². The van der Waals surface area contributed by atoms with Crippen molar-refractivity contribution in [3.05, 3.63) is 57.8 Å². The van der Waals surface area contributed by atoms with E-state index in [0.717, 1.165) is 0 Å². The third kappa shape index (κ3) is 4.07. The molecule has 0 saturated carbocycles. The Bertz CT molecular complexity index is 1070. The highest BCUT2D eigenvalue weighted by Crippen LogP contribution is 2.50. The van der Waals surface area contributed by atoms with Crippen LogP contribution in [-0.2, 0) is 10.8 Å². The van der Waals surface area contributed by atoms with E-state index in [1.54, 1.807) is 30.3 Å². The van der Waals surface area contributed by atoms with Gasteiger partial charge >= 0.3 is 0 Å². The molecule has 164 valence electrons. The van der Waals surface area contributed by atoms with E-state index in [1.807, 2.05) is 0 Å². The number of rotatable bonds is 8. The highest BCUT2D eigenvalue weighted by Gasteiger charge is 2.69. The fraction of sp³-hybridized carbons (Fsp3) is 0.350. The molecule has 2 aromatic rings. The lowest BCUT2D eigenvalue weighted by Gasteiger charge is -2.68. The number of hydrogen-bond acceptors (Lipinski definition) is 7.